The average Bonchev–Trinajstić information content (AvgIpc) is 3.65. The van der Waals surface area contributed by atoms with E-state index >= 15 is 0 Å². The number of carbonyl (C=O) groups excluding carboxylic acids is 2. The second-order valence-corrected chi connectivity index (χ2v) is 26.0. The normalized spacial score (nSPS) is 22.3. The van der Waals surface area contributed by atoms with Gasteiger partial charge in [-0.2, -0.15) is 0 Å². The van der Waals surface area contributed by atoms with Gasteiger partial charge in [-0.3, -0.25) is 4.90 Å². The molecule has 274 valence electrons. The van der Waals surface area contributed by atoms with Crippen LogP contribution in [0, 0.1) is 5.92 Å². The molecule has 0 N–H and O–H groups in total. The second kappa shape index (κ2) is 14.2. The maximum Gasteiger partial charge on any atom is 0.411 e. The molecule has 52 heavy (non-hydrogen) atoms. The van der Waals surface area contributed by atoms with Crippen molar-refractivity contribution in [1.29, 1.82) is 0 Å². The Balaban J connectivity index is 1.60. The Hall–Kier alpha value is -3.83. The third-order valence-electron chi connectivity index (χ3n) is 11.0. The lowest BCUT2D eigenvalue weighted by Crippen LogP contribution is -2.73. The minimum absolute atomic E-state index is 0.292. The van der Waals surface area contributed by atoms with Crippen LogP contribution in [0.5, 0.6) is 0 Å². The molecule has 0 radical (unpaired) electrons. The predicted octanol–water partition coefficient (Wildman–Crippen LogP) is 7.08. The number of aldehydes is 1. The molecule has 8 heteroatoms. The molecule has 2 bridgehead atoms. The number of benzene rings is 4. The number of carbonyl (C=O) groups is 2. The topological polar surface area (TPSA) is 65.1 Å². The molecule has 1 heterocycles. The fourth-order valence-electron chi connectivity index (χ4n) is 8.87. The minimum atomic E-state index is -3.15. The van der Waals surface area contributed by atoms with E-state index in [4.69, 9.17) is 13.6 Å². The molecular formula is C44H55NO5Si2. The number of fused-ring (bicyclic) bond motifs is 2. The van der Waals surface area contributed by atoms with Crippen molar-refractivity contribution in [1.82, 2.24) is 4.90 Å². The van der Waals surface area contributed by atoms with Crippen LogP contribution < -0.4 is 20.7 Å². The summed E-state index contributed by atoms with van der Waals surface area (Å²) in [6.07, 6.45) is -0.00503. The standard InChI is InChI=1S/C44H55NO5Si2/c1-42(2,3)48-41(47)45-37-30-36(38(45)31-46)39(49-51(43(4,5)6,32-22-14-10-15-23-32)33-24-16-11-17-25-33)40(37)50-52(44(7,8)9,34-26-18-12-19-27-34)35-28-20-13-21-29-35/h10-29,31,36-40H,30H2,1-9H3/t36-,37-,38+,39-,40+/m1/s1. The van der Waals surface area contributed by atoms with Crippen LogP contribution in [0.3, 0.4) is 0 Å². The zero-order valence-electron chi connectivity index (χ0n) is 32.2. The molecule has 1 saturated heterocycles. The van der Waals surface area contributed by atoms with E-state index in [1.807, 2.05) is 45.0 Å². The molecule has 0 unspecified atom stereocenters. The van der Waals surface area contributed by atoms with Crippen molar-refractivity contribution < 1.29 is 23.2 Å². The van der Waals surface area contributed by atoms with Crippen LogP contribution in [-0.4, -0.2) is 63.8 Å². The SMILES string of the molecule is CC(C)(C)OC(=O)N1[C@@H]2C[C@@H]([C@@H](O[Si](c3ccccc3)(c3ccccc3)C(C)(C)C)[C@H]2O[Si](c2ccccc2)(c2ccccc2)C(C)(C)C)[C@@H]1C=O. The second-order valence-electron chi connectivity index (χ2n) is 17.5. The summed E-state index contributed by atoms with van der Waals surface area (Å²) in [5, 5.41) is 3.99. The molecule has 0 spiro atoms. The summed E-state index contributed by atoms with van der Waals surface area (Å²) in [6.45, 7) is 19.2. The average molecular weight is 734 g/mol. The highest BCUT2D eigenvalue weighted by Crippen LogP contribution is 2.51. The van der Waals surface area contributed by atoms with Gasteiger partial charge in [-0.25, -0.2) is 4.79 Å². The molecule has 2 aliphatic rings. The fourth-order valence-corrected chi connectivity index (χ4v) is 18.3. The molecule has 1 saturated carbocycles. The van der Waals surface area contributed by atoms with Gasteiger partial charge in [-0.1, -0.05) is 163 Å². The largest absolute Gasteiger partial charge is 0.444 e. The molecule has 4 aromatic carbocycles. The molecule has 6 nitrogen and oxygen atoms in total. The van der Waals surface area contributed by atoms with Crippen LogP contribution in [0.4, 0.5) is 4.79 Å². The van der Waals surface area contributed by atoms with Gasteiger partial charge in [0.15, 0.2) is 0 Å². The lowest BCUT2D eigenvalue weighted by atomic mass is 9.96. The van der Waals surface area contributed by atoms with Gasteiger partial charge in [-0.15, -0.1) is 0 Å². The lowest BCUT2D eigenvalue weighted by Gasteiger charge is -2.52. The third-order valence-corrected chi connectivity index (χ3v) is 21.0. The first-order valence-electron chi connectivity index (χ1n) is 18.6. The van der Waals surface area contributed by atoms with Crippen molar-refractivity contribution in [3.05, 3.63) is 121 Å². The van der Waals surface area contributed by atoms with E-state index in [0.717, 1.165) is 27.0 Å². The number of hydrogen-bond acceptors (Lipinski definition) is 5. The van der Waals surface area contributed by atoms with Gasteiger partial charge in [0.25, 0.3) is 16.6 Å². The van der Waals surface area contributed by atoms with Crippen molar-refractivity contribution in [3.63, 3.8) is 0 Å². The van der Waals surface area contributed by atoms with Gasteiger partial charge in [-0.05, 0) is 58.0 Å². The maximum absolute atomic E-state index is 14.1. The molecule has 5 atom stereocenters. The van der Waals surface area contributed by atoms with Crippen molar-refractivity contribution in [3.8, 4) is 0 Å². The van der Waals surface area contributed by atoms with E-state index in [0.29, 0.717) is 6.42 Å². The molecule has 2 fully saturated rings. The smallest absolute Gasteiger partial charge is 0.411 e. The van der Waals surface area contributed by atoms with Crippen molar-refractivity contribution in [2.24, 2.45) is 5.92 Å². The van der Waals surface area contributed by atoms with Gasteiger partial charge < -0.3 is 18.4 Å². The summed E-state index contributed by atoms with van der Waals surface area (Å²) in [5.41, 5.74) is -0.731. The van der Waals surface area contributed by atoms with Crippen LogP contribution in [0.25, 0.3) is 0 Å². The maximum atomic E-state index is 14.1. The van der Waals surface area contributed by atoms with Crippen LogP contribution in [0.15, 0.2) is 121 Å². The highest BCUT2D eigenvalue weighted by Gasteiger charge is 2.66. The first-order valence-corrected chi connectivity index (χ1v) is 22.4. The highest BCUT2D eigenvalue weighted by molar-refractivity contribution is 7.00. The number of hydrogen-bond donors (Lipinski definition) is 0. The quantitative estimate of drug-likeness (QED) is 0.136. The van der Waals surface area contributed by atoms with E-state index < -0.39 is 52.6 Å². The van der Waals surface area contributed by atoms with Crippen molar-refractivity contribution >= 4 is 49.8 Å². The molecule has 4 aromatic rings. The lowest BCUT2D eigenvalue weighted by molar-refractivity contribution is -0.119. The molecule has 1 aliphatic heterocycles. The molecule has 6 rings (SSSR count). The Morgan fingerprint density at radius 2 is 0.942 bits per heavy atom. The van der Waals surface area contributed by atoms with E-state index in [-0.39, 0.29) is 16.0 Å². The molecule has 1 amide bonds. The number of piperidine rings is 1. The highest BCUT2D eigenvalue weighted by atomic mass is 28.4. The van der Waals surface area contributed by atoms with E-state index in [9.17, 15) is 9.59 Å². The number of ether oxygens (including phenoxy) is 1. The summed E-state index contributed by atoms with van der Waals surface area (Å²) in [4.78, 5) is 29.0. The first-order chi connectivity index (χ1) is 24.5. The first kappa shape index (κ1) is 37.9. The minimum Gasteiger partial charge on any atom is -0.444 e. The van der Waals surface area contributed by atoms with Gasteiger partial charge >= 0.3 is 6.09 Å². The predicted molar refractivity (Wildman–Crippen MR) is 215 cm³/mol. The van der Waals surface area contributed by atoms with E-state index in [1.165, 1.54) is 0 Å². The third kappa shape index (κ3) is 6.63. The fraction of sp³-hybridized carbons (Fsp3) is 0.409. The molecule has 1 aliphatic carbocycles. The Labute approximate surface area is 312 Å². The summed E-state index contributed by atoms with van der Waals surface area (Å²) in [6, 6.07) is 41.3. The van der Waals surface area contributed by atoms with Crippen molar-refractivity contribution in [2.75, 3.05) is 0 Å². The number of rotatable bonds is 9. The Morgan fingerprint density at radius 3 is 1.25 bits per heavy atom. The summed E-state index contributed by atoms with van der Waals surface area (Å²) in [5.74, 6) is -0.292. The van der Waals surface area contributed by atoms with Crippen molar-refractivity contribution in [2.45, 2.75) is 109 Å². The summed E-state index contributed by atoms with van der Waals surface area (Å²) < 4.78 is 22.0. The van der Waals surface area contributed by atoms with Gasteiger partial charge in [0, 0.05) is 5.92 Å². The molecular weight excluding hydrogens is 679 g/mol. The number of nitrogens with zero attached hydrogens (tertiary/aromatic N) is 1. The number of amides is 1. The van der Waals surface area contributed by atoms with Gasteiger partial charge in [0.1, 0.15) is 11.9 Å². The summed E-state index contributed by atoms with van der Waals surface area (Å²) in [7, 11) is -6.27. The zero-order valence-corrected chi connectivity index (χ0v) is 34.2. The van der Waals surface area contributed by atoms with E-state index in [1.54, 1.807) is 4.90 Å². The number of likely N-dealkylation sites (tertiary alicyclic amines) is 1. The van der Waals surface area contributed by atoms with Crippen LogP contribution in [0.1, 0.15) is 68.7 Å². The Morgan fingerprint density at radius 1 is 0.596 bits per heavy atom. The van der Waals surface area contributed by atoms with Crippen LogP contribution in [0.2, 0.25) is 10.1 Å². The zero-order chi connectivity index (χ0) is 37.5. The Bertz CT molecular complexity index is 1740. The van der Waals surface area contributed by atoms with Crippen LogP contribution >= 0.6 is 0 Å². The van der Waals surface area contributed by atoms with Crippen LogP contribution in [-0.2, 0) is 18.4 Å². The van der Waals surface area contributed by atoms with Gasteiger partial charge in [0.2, 0.25) is 0 Å². The van der Waals surface area contributed by atoms with Gasteiger partial charge in [0.05, 0.1) is 24.3 Å². The van der Waals surface area contributed by atoms with E-state index in [2.05, 4.69) is 139 Å². The Kier molecular flexibility index (Phi) is 10.4. The summed E-state index contributed by atoms with van der Waals surface area (Å²) >= 11 is 0. The monoisotopic (exact) mass is 733 g/mol. The molecule has 0 aromatic heterocycles.